The highest BCUT2D eigenvalue weighted by Crippen LogP contribution is 2.27. The van der Waals surface area contributed by atoms with Gasteiger partial charge in [-0.1, -0.05) is 54.6 Å². The van der Waals surface area contributed by atoms with Gasteiger partial charge in [-0.2, -0.15) is 8.61 Å². The topological polar surface area (TPSA) is 170 Å². The number of hydrogen-bond acceptors (Lipinski definition) is 13. The van der Waals surface area contributed by atoms with Gasteiger partial charge in [-0.3, -0.25) is 19.7 Å². The first kappa shape index (κ1) is 50.2. The highest BCUT2D eigenvalue weighted by Gasteiger charge is 2.41. The highest BCUT2D eigenvalue weighted by atomic mass is 32.2. The molecule has 0 bridgehead atoms. The minimum atomic E-state index is -3.50. The van der Waals surface area contributed by atoms with Crippen LogP contribution in [0.4, 0.5) is 0 Å². The van der Waals surface area contributed by atoms with Crippen LogP contribution in [0.1, 0.15) is 38.2 Å². The zero-order chi connectivity index (χ0) is 47.7. The molecule has 2 saturated heterocycles. The van der Waals surface area contributed by atoms with Gasteiger partial charge in [-0.25, -0.2) is 16.8 Å². The van der Waals surface area contributed by atoms with E-state index in [1.807, 2.05) is 115 Å². The van der Waals surface area contributed by atoms with Crippen molar-refractivity contribution in [2.75, 3.05) is 54.6 Å². The van der Waals surface area contributed by atoms with E-state index < -0.39 is 25.3 Å². The van der Waals surface area contributed by atoms with E-state index in [9.17, 15) is 21.6 Å². The first-order valence-electron chi connectivity index (χ1n) is 21.6. The molecule has 67 heavy (non-hydrogen) atoms. The van der Waals surface area contributed by atoms with E-state index >= 15 is 0 Å². The van der Waals surface area contributed by atoms with Crippen molar-refractivity contribution in [1.82, 2.24) is 28.8 Å². The van der Waals surface area contributed by atoms with Crippen molar-refractivity contribution < 1.29 is 40.6 Å². The number of hydrogen-bond donors (Lipinski definition) is 1. The Morgan fingerprint density at radius 3 is 1.19 bits per heavy atom. The third-order valence-electron chi connectivity index (χ3n) is 11.3. The number of methoxy groups -OCH3 is 4. The van der Waals surface area contributed by atoms with Gasteiger partial charge in [0, 0.05) is 89.3 Å². The third kappa shape index (κ3) is 14.4. The maximum Gasteiger partial charge on any atom is 0.220 e. The van der Waals surface area contributed by atoms with Crippen LogP contribution in [0.3, 0.4) is 0 Å². The fourth-order valence-electron chi connectivity index (χ4n) is 7.14. The zero-order valence-corrected chi connectivity index (χ0v) is 39.8. The molecule has 0 amide bonds. The molecule has 2 aromatic heterocycles. The molecule has 0 spiro atoms. The molecule has 0 aliphatic carbocycles. The quantitative estimate of drug-likeness (QED) is 0.0910. The molecule has 0 saturated carbocycles. The van der Waals surface area contributed by atoms with Gasteiger partial charge < -0.3 is 24.3 Å². The Morgan fingerprint density at radius 2 is 0.910 bits per heavy atom. The summed E-state index contributed by atoms with van der Waals surface area (Å²) in [7, 11) is -0.438. The van der Waals surface area contributed by atoms with Crippen LogP contribution in [-0.2, 0) is 52.8 Å². The van der Waals surface area contributed by atoms with Crippen LogP contribution in [0, 0.1) is 0 Å². The number of carbonyl (C=O) groups is 1. The lowest BCUT2D eigenvalue weighted by atomic mass is 10.2. The molecule has 1 N–H and O–H groups in total. The number of nitrogens with one attached hydrogen (secondary N) is 1. The lowest BCUT2D eigenvalue weighted by Crippen LogP contribution is -2.57. The highest BCUT2D eigenvalue weighted by molar-refractivity contribution is 7.90. The first-order valence-corrected chi connectivity index (χ1v) is 24.6. The monoisotopic (exact) mass is 950 g/mol. The van der Waals surface area contributed by atoms with Crippen molar-refractivity contribution in [1.29, 1.82) is 0 Å². The van der Waals surface area contributed by atoms with Crippen LogP contribution in [0.25, 0.3) is 0 Å². The molecule has 2 aliphatic heterocycles. The summed E-state index contributed by atoms with van der Waals surface area (Å²) in [6, 6.07) is 37.4. The summed E-state index contributed by atoms with van der Waals surface area (Å²) in [6.07, 6.45) is 7.48. The summed E-state index contributed by atoms with van der Waals surface area (Å²) in [5.41, 5.74) is 5.39. The second-order valence-corrected chi connectivity index (χ2v) is 20.3. The SMILES string of the molecule is COc1ccc(CN(Cc2ccc(OC)cc2)S(=O)(=O)C2CN(Cc3cccnc3)C2)cc1.COc1ccc(CN(Cc2ccc(OC)cc2)S(=O)(=O)C2CNC2)cc1.O=Cc1cccnc1. The number of rotatable bonds is 19. The van der Waals surface area contributed by atoms with E-state index in [2.05, 4.69) is 20.2 Å². The Kier molecular flexibility index (Phi) is 18.4. The summed E-state index contributed by atoms with van der Waals surface area (Å²) in [4.78, 5) is 20.0. The average molecular weight is 951 g/mol. The van der Waals surface area contributed by atoms with E-state index in [0.29, 0.717) is 64.5 Å². The lowest BCUT2D eigenvalue weighted by Gasteiger charge is -2.41. The Balaban J connectivity index is 0.000000193. The molecular weight excluding hydrogens is 893 g/mol. The standard InChI is InChI=1S/C25H29N3O4S.C19H24N2O4S.C6H5NO/c1-31-23-9-5-20(6-10-23)16-28(17-21-7-11-24(32-2)12-8-21)33(29,30)25-18-27(19-25)15-22-4-3-13-26-14-22;1-24-17-7-3-15(4-8-17)13-21(26(22,23)19-11-20-12-19)14-16-5-9-18(25-2)10-6-16;8-5-6-2-1-3-7-4-6/h3-14,25H,15-19H2,1-2H3;3-10,19-20H,11-14H2,1-2H3;1-5H. The minimum Gasteiger partial charge on any atom is -0.497 e. The molecule has 4 aromatic carbocycles. The Labute approximate surface area is 394 Å². The van der Waals surface area contributed by atoms with Crippen molar-refractivity contribution in [3.05, 3.63) is 179 Å². The van der Waals surface area contributed by atoms with Crippen LogP contribution < -0.4 is 24.3 Å². The normalized spacial score (nSPS) is 14.1. The van der Waals surface area contributed by atoms with Gasteiger partial charge in [0.2, 0.25) is 20.0 Å². The van der Waals surface area contributed by atoms with Gasteiger partial charge in [-0.15, -0.1) is 0 Å². The Bertz CT molecular complexity index is 2540. The van der Waals surface area contributed by atoms with Gasteiger partial charge in [0.15, 0.2) is 6.29 Å². The largest absolute Gasteiger partial charge is 0.497 e. The van der Waals surface area contributed by atoms with E-state index in [4.69, 9.17) is 18.9 Å². The van der Waals surface area contributed by atoms with Crippen molar-refractivity contribution in [2.45, 2.75) is 43.2 Å². The van der Waals surface area contributed by atoms with Gasteiger partial charge in [0.05, 0.1) is 28.4 Å². The number of sulfonamides is 2. The predicted octanol–water partition coefficient (Wildman–Crippen LogP) is 6.22. The zero-order valence-electron chi connectivity index (χ0n) is 38.2. The van der Waals surface area contributed by atoms with Crippen LogP contribution in [-0.4, -0.2) is 112 Å². The number of ether oxygens (including phenoxy) is 4. The van der Waals surface area contributed by atoms with Crippen molar-refractivity contribution in [3.8, 4) is 23.0 Å². The average Bonchev–Trinajstić information content (AvgIpc) is 3.33. The molecule has 0 radical (unpaired) electrons. The number of benzene rings is 4. The molecule has 6 aromatic rings. The second kappa shape index (κ2) is 24.5. The number of aldehydes is 1. The Hall–Kier alpha value is -6.21. The second-order valence-electron chi connectivity index (χ2n) is 15.9. The molecule has 2 fully saturated rings. The fraction of sp³-hybridized carbons (Fsp3) is 0.300. The van der Waals surface area contributed by atoms with Gasteiger partial charge in [-0.05, 0) is 94.5 Å². The molecule has 354 valence electrons. The maximum atomic E-state index is 13.6. The van der Waals surface area contributed by atoms with E-state index in [1.165, 1.54) is 6.20 Å². The minimum absolute atomic E-state index is 0.303. The molecular formula is C50H58N6O9S2. The summed E-state index contributed by atoms with van der Waals surface area (Å²) >= 11 is 0. The summed E-state index contributed by atoms with van der Waals surface area (Å²) in [5, 5.41) is 2.25. The number of carbonyl (C=O) groups excluding carboxylic acids is 1. The number of aromatic nitrogens is 2. The van der Waals surface area contributed by atoms with Gasteiger partial charge in [0.25, 0.3) is 0 Å². The smallest absolute Gasteiger partial charge is 0.220 e. The summed E-state index contributed by atoms with van der Waals surface area (Å²) in [6.45, 7) is 4.00. The predicted molar refractivity (Wildman–Crippen MR) is 258 cm³/mol. The van der Waals surface area contributed by atoms with Crippen molar-refractivity contribution in [2.24, 2.45) is 0 Å². The van der Waals surface area contributed by atoms with Crippen LogP contribution in [0.5, 0.6) is 23.0 Å². The summed E-state index contributed by atoms with van der Waals surface area (Å²) < 4.78 is 77.2. The van der Waals surface area contributed by atoms with E-state index in [-0.39, 0.29) is 5.25 Å². The summed E-state index contributed by atoms with van der Waals surface area (Å²) in [5.74, 6) is 2.99. The molecule has 4 heterocycles. The molecule has 0 atom stereocenters. The van der Waals surface area contributed by atoms with Crippen molar-refractivity contribution in [3.63, 3.8) is 0 Å². The molecule has 8 rings (SSSR count). The first-order chi connectivity index (χ1) is 32.4. The number of pyridine rings is 2. The van der Waals surface area contributed by atoms with Gasteiger partial charge >= 0.3 is 0 Å². The number of nitrogens with zero attached hydrogens (tertiary/aromatic N) is 5. The van der Waals surface area contributed by atoms with Crippen molar-refractivity contribution >= 4 is 26.3 Å². The Morgan fingerprint density at radius 1 is 0.537 bits per heavy atom. The van der Waals surface area contributed by atoms with E-state index in [1.54, 1.807) is 61.6 Å². The maximum absolute atomic E-state index is 13.6. The molecule has 2 aliphatic rings. The van der Waals surface area contributed by atoms with E-state index in [0.717, 1.165) is 57.1 Å². The van der Waals surface area contributed by atoms with Crippen LogP contribution in [0.15, 0.2) is 146 Å². The van der Waals surface area contributed by atoms with Crippen LogP contribution in [0.2, 0.25) is 0 Å². The fourth-order valence-corrected chi connectivity index (χ4v) is 10.8. The molecule has 17 heteroatoms. The number of likely N-dealkylation sites (tertiary alicyclic amines) is 1. The van der Waals surface area contributed by atoms with Crippen LogP contribution >= 0.6 is 0 Å². The third-order valence-corrected chi connectivity index (χ3v) is 15.5. The van der Waals surface area contributed by atoms with Gasteiger partial charge in [0.1, 0.15) is 33.5 Å². The molecule has 15 nitrogen and oxygen atoms in total. The molecule has 0 unspecified atom stereocenters. The lowest BCUT2D eigenvalue weighted by molar-refractivity contribution is 0.112.